The van der Waals surface area contributed by atoms with Crippen LogP contribution in [0.25, 0.3) is 0 Å². The smallest absolute Gasteiger partial charge is 0.343 e. The van der Waals surface area contributed by atoms with Crippen molar-refractivity contribution < 1.29 is 14.3 Å². The SMILES string of the molecule is Cc1ccc(OC(=O)c2ccc(OCCC(C)C)cc2)cc1C. The van der Waals surface area contributed by atoms with Gasteiger partial charge in [0.1, 0.15) is 11.5 Å². The van der Waals surface area contributed by atoms with E-state index in [1.807, 2.05) is 32.0 Å². The summed E-state index contributed by atoms with van der Waals surface area (Å²) in [6.45, 7) is 9.03. The van der Waals surface area contributed by atoms with E-state index in [2.05, 4.69) is 13.8 Å². The van der Waals surface area contributed by atoms with E-state index in [-0.39, 0.29) is 5.97 Å². The summed E-state index contributed by atoms with van der Waals surface area (Å²) >= 11 is 0. The van der Waals surface area contributed by atoms with Gasteiger partial charge in [-0.1, -0.05) is 19.9 Å². The zero-order chi connectivity index (χ0) is 16.8. The molecule has 2 aromatic carbocycles. The minimum Gasteiger partial charge on any atom is -0.494 e. The molecule has 0 heterocycles. The summed E-state index contributed by atoms with van der Waals surface area (Å²) in [5.41, 5.74) is 2.79. The van der Waals surface area contributed by atoms with Gasteiger partial charge in [-0.25, -0.2) is 4.79 Å². The standard InChI is InChI=1S/C20H24O3/c1-14(2)11-12-22-18-9-6-17(7-10-18)20(21)23-19-8-5-15(3)16(4)13-19/h5-10,13-14H,11-12H2,1-4H3. The van der Waals surface area contributed by atoms with Crippen LogP contribution in [-0.2, 0) is 0 Å². The van der Waals surface area contributed by atoms with Crippen molar-refractivity contribution in [1.29, 1.82) is 0 Å². The molecule has 2 rings (SSSR count). The summed E-state index contributed by atoms with van der Waals surface area (Å²) < 4.78 is 11.1. The second-order valence-corrected chi connectivity index (χ2v) is 6.19. The van der Waals surface area contributed by atoms with Crippen LogP contribution in [-0.4, -0.2) is 12.6 Å². The number of carbonyl (C=O) groups is 1. The molecule has 0 radical (unpaired) electrons. The number of carbonyl (C=O) groups excluding carboxylic acids is 1. The Labute approximate surface area is 138 Å². The molecule has 0 aliphatic heterocycles. The molecular weight excluding hydrogens is 288 g/mol. The Morgan fingerprint density at radius 3 is 2.22 bits per heavy atom. The fraction of sp³-hybridized carbons (Fsp3) is 0.350. The van der Waals surface area contributed by atoms with Crippen LogP contribution in [0.5, 0.6) is 11.5 Å². The summed E-state index contributed by atoms with van der Waals surface area (Å²) in [5, 5.41) is 0. The van der Waals surface area contributed by atoms with Gasteiger partial charge in [0.2, 0.25) is 0 Å². The zero-order valence-electron chi connectivity index (χ0n) is 14.3. The highest BCUT2D eigenvalue weighted by molar-refractivity contribution is 5.91. The Bertz CT molecular complexity index is 657. The Morgan fingerprint density at radius 2 is 1.61 bits per heavy atom. The highest BCUT2D eigenvalue weighted by atomic mass is 16.5. The van der Waals surface area contributed by atoms with Gasteiger partial charge in [0.25, 0.3) is 0 Å². The largest absolute Gasteiger partial charge is 0.494 e. The molecule has 0 unspecified atom stereocenters. The topological polar surface area (TPSA) is 35.5 Å². The van der Waals surface area contributed by atoms with E-state index in [0.29, 0.717) is 23.8 Å². The van der Waals surface area contributed by atoms with Crippen molar-refractivity contribution in [1.82, 2.24) is 0 Å². The molecule has 0 saturated carbocycles. The number of hydrogen-bond acceptors (Lipinski definition) is 3. The summed E-state index contributed by atoms with van der Waals surface area (Å²) in [6.07, 6.45) is 1.01. The molecule has 3 heteroatoms. The molecule has 0 aliphatic rings. The second kappa shape index (κ2) is 7.82. The van der Waals surface area contributed by atoms with Crippen LogP contribution in [0.3, 0.4) is 0 Å². The summed E-state index contributed by atoms with van der Waals surface area (Å²) in [5.74, 6) is 1.59. The summed E-state index contributed by atoms with van der Waals surface area (Å²) in [4.78, 5) is 12.2. The van der Waals surface area contributed by atoms with E-state index in [4.69, 9.17) is 9.47 Å². The zero-order valence-corrected chi connectivity index (χ0v) is 14.3. The molecule has 0 amide bonds. The van der Waals surface area contributed by atoms with Crippen LogP contribution in [0.1, 0.15) is 41.8 Å². The molecule has 122 valence electrons. The first kappa shape index (κ1) is 17.1. The highest BCUT2D eigenvalue weighted by Crippen LogP contribution is 2.19. The van der Waals surface area contributed by atoms with E-state index >= 15 is 0 Å². The molecule has 3 nitrogen and oxygen atoms in total. The van der Waals surface area contributed by atoms with Crippen molar-refractivity contribution in [3.8, 4) is 11.5 Å². The Kier molecular flexibility index (Phi) is 5.80. The van der Waals surface area contributed by atoms with Gasteiger partial charge >= 0.3 is 5.97 Å². The lowest BCUT2D eigenvalue weighted by molar-refractivity contribution is 0.0734. The Morgan fingerprint density at radius 1 is 0.957 bits per heavy atom. The fourth-order valence-electron chi connectivity index (χ4n) is 2.04. The van der Waals surface area contributed by atoms with Crippen LogP contribution in [0.15, 0.2) is 42.5 Å². The van der Waals surface area contributed by atoms with Crippen LogP contribution in [0, 0.1) is 19.8 Å². The van der Waals surface area contributed by atoms with Crippen LogP contribution in [0.2, 0.25) is 0 Å². The minimum absolute atomic E-state index is 0.359. The van der Waals surface area contributed by atoms with Gasteiger partial charge in [0.15, 0.2) is 0 Å². The molecule has 0 N–H and O–H groups in total. The van der Waals surface area contributed by atoms with Gasteiger partial charge in [-0.2, -0.15) is 0 Å². The maximum Gasteiger partial charge on any atom is 0.343 e. The molecule has 0 aromatic heterocycles. The first-order valence-electron chi connectivity index (χ1n) is 7.98. The maximum absolute atomic E-state index is 12.2. The highest BCUT2D eigenvalue weighted by Gasteiger charge is 2.09. The molecule has 0 aliphatic carbocycles. The number of benzene rings is 2. The van der Waals surface area contributed by atoms with Gasteiger partial charge in [0.05, 0.1) is 12.2 Å². The predicted molar refractivity (Wildman–Crippen MR) is 92.3 cm³/mol. The molecule has 0 fully saturated rings. The minimum atomic E-state index is -0.359. The quantitative estimate of drug-likeness (QED) is 0.559. The number of hydrogen-bond donors (Lipinski definition) is 0. The van der Waals surface area contributed by atoms with Crippen molar-refractivity contribution in [3.63, 3.8) is 0 Å². The third-order valence-electron chi connectivity index (χ3n) is 3.74. The van der Waals surface area contributed by atoms with Crippen LogP contribution < -0.4 is 9.47 Å². The van der Waals surface area contributed by atoms with E-state index in [9.17, 15) is 4.79 Å². The van der Waals surface area contributed by atoms with Crippen LogP contribution in [0.4, 0.5) is 0 Å². The van der Waals surface area contributed by atoms with Crippen molar-refractivity contribution in [2.24, 2.45) is 5.92 Å². The van der Waals surface area contributed by atoms with Gasteiger partial charge in [-0.15, -0.1) is 0 Å². The monoisotopic (exact) mass is 312 g/mol. The number of ether oxygens (including phenoxy) is 2. The van der Waals surface area contributed by atoms with E-state index in [1.165, 1.54) is 5.56 Å². The molecule has 0 spiro atoms. The van der Waals surface area contributed by atoms with Crippen molar-refractivity contribution in [3.05, 3.63) is 59.2 Å². The molecule has 2 aromatic rings. The molecule has 0 saturated heterocycles. The van der Waals surface area contributed by atoms with E-state index in [0.717, 1.165) is 17.7 Å². The lowest BCUT2D eigenvalue weighted by atomic mass is 10.1. The number of esters is 1. The first-order chi connectivity index (χ1) is 11.0. The second-order valence-electron chi connectivity index (χ2n) is 6.19. The Hall–Kier alpha value is -2.29. The van der Waals surface area contributed by atoms with Crippen LogP contribution >= 0.6 is 0 Å². The van der Waals surface area contributed by atoms with Gasteiger partial charge in [-0.3, -0.25) is 0 Å². The fourth-order valence-corrected chi connectivity index (χ4v) is 2.04. The van der Waals surface area contributed by atoms with Crippen molar-refractivity contribution in [2.75, 3.05) is 6.61 Å². The van der Waals surface area contributed by atoms with Gasteiger partial charge in [-0.05, 0) is 73.7 Å². The number of rotatable bonds is 6. The lowest BCUT2D eigenvalue weighted by Gasteiger charge is -2.09. The molecule has 0 bridgehead atoms. The summed E-state index contributed by atoms with van der Waals surface area (Å²) in [7, 11) is 0. The van der Waals surface area contributed by atoms with Crippen molar-refractivity contribution in [2.45, 2.75) is 34.1 Å². The lowest BCUT2D eigenvalue weighted by Crippen LogP contribution is -2.08. The number of aryl methyl sites for hydroxylation is 2. The van der Waals surface area contributed by atoms with Gasteiger partial charge < -0.3 is 9.47 Å². The van der Waals surface area contributed by atoms with E-state index in [1.54, 1.807) is 24.3 Å². The molecule has 23 heavy (non-hydrogen) atoms. The Balaban J connectivity index is 1.95. The maximum atomic E-state index is 12.2. The average molecular weight is 312 g/mol. The van der Waals surface area contributed by atoms with Crippen molar-refractivity contribution >= 4 is 5.97 Å². The molecule has 0 atom stereocenters. The summed E-state index contributed by atoms with van der Waals surface area (Å²) in [6, 6.07) is 12.7. The third kappa shape index (κ3) is 5.13. The van der Waals surface area contributed by atoms with Gasteiger partial charge in [0, 0.05) is 0 Å². The third-order valence-corrected chi connectivity index (χ3v) is 3.74. The van der Waals surface area contributed by atoms with E-state index < -0.39 is 0 Å². The molecular formula is C20H24O3. The first-order valence-corrected chi connectivity index (χ1v) is 7.98. The predicted octanol–water partition coefficient (Wildman–Crippen LogP) is 4.95. The average Bonchev–Trinajstić information content (AvgIpc) is 2.51. The normalized spacial score (nSPS) is 10.7.